The molecule has 0 aliphatic rings. The molecule has 3 aromatic heterocycles. The zero-order valence-corrected chi connectivity index (χ0v) is 50.1. The van der Waals surface area contributed by atoms with Gasteiger partial charge in [-0.15, -0.1) is 71.3 Å². The standard InChI is InChI=1S/C77H50Br2N3.Ir/c1-50-40-76(81-48-71(50)53-22-8-4-9-23-53)56-34-37-68(73(78)46-56)65-30-16-13-27-62(65)59-42-58(61-26-12-15-29-64(61)67-36-33-55(75-32-18-19-39-80-75)45-70(67)52-20-6-3-7-21-52)43-60(44-59)63-28-14-17-31-66(63)69-38-35-57(47-74(69)79)77-41-51(2)72(49-82-77)54-24-10-5-11-25-54;/h3-32,36-49H,1-2H3;/q-3;+3/i4D,5D,8D,9D,10D,11D,22D,23D,24D,25D;. The van der Waals surface area contributed by atoms with Crippen LogP contribution in [0.5, 0.6) is 0 Å². The SMILES string of the molecule is [2H]c1c([2H])c([2H])c(-c2cnc(-c3[c-]cc(-c4ccccc4-c4cc(-c5ccccc5-c5c[c-]c(-c6cc(C)c(-c7c([2H])c([2H])c([2H])c([2H])c7[2H])cn6)cc5Br)cc(-c5ccccc5-c5c[c-]c(-c6ccccn6)cc5-c5ccccc5)c4)c(Br)c3)cc2C)c([2H])c1[2H].[Ir+3]. The van der Waals surface area contributed by atoms with Crippen LogP contribution in [0.15, 0.2) is 276 Å². The molecule has 0 amide bonds. The van der Waals surface area contributed by atoms with Crippen molar-refractivity contribution in [2.24, 2.45) is 0 Å². The van der Waals surface area contributed by atoms with Crippen molar-refractivity contribution in [1.29, 1.82) is 0 Å². The third kappa shape index (κ3) is 11.3. The Hall–Kier alpha value is -8.74. The maximum Gasteiger partial charge on any atom is 3.00 e. The first kappa shape index (κ1) is 43.9. The van der Waals surface area contributed by atoms with Crippen LogP contribution in [0.2, 0.25) is 0 Å². The van der Waals surface area contributed by atoms with Crippen LogP contribution in [-0.2, 0) is 20.1 Å². The van der Waals surface area contributed by atoms with Crippen LogP contribution >= 0.6 is 31.9 Å². The summed E-state index contributed by atoms with van der Waals surface area (Å²) in [5.41, 5.74) is 20.3. The van der Waals surface area contributed by atoms with E-state index in [4.69, 9.17) is 28.7 Å². The Kier molecular flexibility index (Phi) is 12.9. The van der Waals surface area contributed by atoms with Crippen LogP contribution in [0.25, 0.3) is 134 Å². The fourth-order valence-electron chi connectivity index (χ4n) is 10.6. The summed E-state index contributed by atoms with van der Waals surface area (Å²) >= 11 is 7.93. The number of halogens is 2. The third-order valence-electron chi connectivity index (χ3n) is 14.6. The number of nitrogens with zero attached hydrogens (tertiary/aromatic N) is 3. The van der Waals surface area contributed by atoms with E-state index >= 15 is 0 Å². The first-order valence-electron chi connectivity index (χ1n) is 31.4. The first-order valence-corrected chi connectivity index (χ1v) is 28.0. The molecule has 13 aromatic rings. The van der Waals surface area contributed by atoms with Gasteiger partial charge in [-0.05, 0) is 116 Å². The molecule has 0 aliphatic heterocycles. The second-order valence-corrected chi connectivity index (χ2v) is 21.4. The molecule has 13 rings (SSSR count). The molecule has 0 N–H and O–H groups in total. The Labute approximate surface area is 530 Å². The van der Waals surface area contributed by atoms with Gasteiger partial charge in [0.15, 0.2) is 0 Å². The van der Waals surface area contributed by atoms with E-state index in [1.54, 1.807) is 18.6 Å². The zero-order chi connectivity index (χ0) is 64.2. The minimum absolute atomic E-state index is 0. The minimum Gasteiger partial charge on any atom is -0.305 e. The molecule has 0 atom stereocenters. The second-order valence-electron chi connectivity index (χ2n) is 19.7. The number of hydrogen-bond donors (Lipinski definition) is 0. The van der Waals surface area contributed by atoms with E-state index in [0.717, 1.165) is 98.1 Å². The summed E-state index contributed by atoms with van der Waals surface area (Å²) in [6.07, 6.45) is 4.92. The summed E-state index contributed by atoms with van der Waals surface area (Å²) < 4.78 is 85.4. The molecule has 3 heterocycles. The van der Waals surface area contributed by atoms with E-state index in [2.05, 4.69) is 153 Å². The van der Waals surface area contributed by atoms with Crippen molar-refractivity contribution in [2.75, 3.05) is 0 Å². The van der Waals surface area contributed by atoms with Gasteiger partial charge in [-0.3, -0.25) is 0 Å². The first-order chi connectivity index (χ1) is 44.4. The van der Waals surface area contributed by atoms with Crippen LogP contribution in [0.1, 0.15) is 24.8 Å². The number of pyridine rings is 3. The van der Waals surface area contributed by atoms with Gasteiger partial charge < -0.3 is 15.0 Å². The number of benzene rings is 10. The fourth-order valence-corrected chi connectivity index (χ4v) is 11.7. The van der Waals surface area contributed by atoms with E-state index in [0.29, 0.717) is 44.8 Å². The van der Waals surface area contributed by atoms with Crippen LogP contribution in [0, 0.1) is 32.0 Å². The van der Waals surface area contributed by atoms with Crippen LogP contribution in [-0.4, -0.2) is 15.0 Å². The second kappa shape index (κ2) is 24.4. The number of hydrogen-bond acceptors (Lipinski definition) is 3. The summed E-state index contributed by atoms with van der Waals surface area (Å²) in [5, 5.41) is 0. The quantitative estimate of drug-likeness (QED) is 0.114. The van der Waals surface area contributed by atoms with Gasteiger partial charge >= 0.3 is 20.1 Å². The van der Waals surface area contributed by atoms with E-state index in [1.165, 1.54) is 0 Å². The molecule has 6 heteroatoms. The molecule has 0 fully saturated rings. The third-order valence-corrected chi connectivity index (χ3v) is 15.9. The molecule has 0 unspecified atom stereocenters. The summed E-state index contributed by atoms with van der Waals surface area (Å²) in [6.45, 7) is 3.68. The van der Waals surface area contributed by atoms with E-state index in [9.17, 15) is 0 Å². The molecule has 10 aromatic carbocycles. The average Bonchev–Trinajstić information content (AvgIpc) is 0.841. The van der Waals surface area contributed by atoms with Gasteiger partial charge in [0.1, 0.15) is 0 Å². The van der Waals surface area contributed by atoms with Gasteiger partial charge in [0.05, 0.1) is 13.7 Å². The monoisotopic (exact) mass is 1380 g/mol. The molecule has 0 aliphatic carbocycles. The summed E-state index contributed by atoms with van der Waals surface area (Å²) in [6, 6.07) is 70.9. The Morgan fingerprint density at radius 2 is 0.723 bits per heavy atom. The topological polar surface area (TPSA) is 38.7 Å². The van der Waals surface area contributed by atoms with Crippen molar-refractivity contribution in [1.82, 2.24) is 15.0 Å². The number of aromatic nitrogens is 3. The van der Waals surface area contributed by atoms with E-state index in [-0.39, 0.29) is 55.4 Å². The van der Waals surface area contributed by atoms with Crippen molar-refractivity contribution >= 4 is 31.9 Å². The fraction of sp³-hybridized carbons (Fsp3) is 0.0260. The Morgan fingerprint density at radius 3 is 1.14 bits per heavy atom. The van der Waals surface area contributed by atoms with Crippen molar-refractivity contribution < 1.29 is 33.8 Å². The normalized spacial score (nSPS) is 12.7. The molecule has 0 saturated heterocycles. The smallest absolute Gasteiger partial charge is 0.305 e. The van der Waals surface area contributed by atoms with Crippen LogP contribution < -0.4 is 0 Å². The van der Waals surface area contributed by atoms with Gasteiger partial charge in [0.25, 0.3) is 0 Å². The predicted octanol–water partition coefficient (Wildman–Crippen LogP) is 21.4. The van der Waals surface area contributed by atoms with E-state index in [1.807, 2.05) is 98.8 Å². The molecule has 0 radical (unpaired) electrons. The van der Waals surface area contributed by atoms with Gasteiger partial charge in [-0.25, -0.2) is 0 Å². The molecule has 0 saturated carbocycles. The maximum absolute atomic E-state index is 8.62. The molecule has 3 nitrogen and oxygen atoms in total. The zero-order valence-electron chi connectivity index (χ0n) is 54.6. The van der Waals surface area contributed by atoms with Crippen LogP contribution in [0.3, 0.4) is 0 Å². The molecule has 83 heavy (non-hydrogen) atoms. The van der Waals surface area contributed by atoms with Crippen molar-refractivity contribution in [3.05, 3.63) is 305 Å². The molecule has 0 bridgehead atoms. The predicted molar refractivity (Wildman–Crippen MR) is 346 cm³/mol. The molecule has 396 valence electrons. The van der Waals surface area contributed by atoms with Gasteiger partial charge in [0, 0.05) is 29.7 Å². The molecular weight excluding hydrogens is 1320 g/mol. The number of aryl methyl sites for hydroxylation is 2. The Morgan fingerprint density at radius 1 is 0.325 bits per heavy atom. The molecule has 0 spiro atoms. The van der Waals surface area contributed by atoms with Crippen LogP contribution in [0.4, 0.5) is 0 Å². The Balaban J connectivity index is 0.00000832. The Bertz CT molecular complexity index is 4840. The van der Waals surface area contributed by atoms with Crippen molar-refractivity contribution in [3.63, 3.8) is 0 Å². The van der Waals surface area contributed by atoms with Gasteiger partial charge in [0.2, 0.25) is 0 Å². The number of rotatable bonds is 12. The largest absolute Gasteiger partial charge is 3.00 e. The molecular formula is C77H50Br2IrN3. The average molecular weight is 1380 g/mol. The summed E-state index contributed by atoms with van der Waals surface area (Å²) in [5.74, 6) is 0. The van der Waals surface area contributed by atoms with Gasteiger partial charge in [-0.2, -0.15) is 0 Å². The van der Waals surface area contributed by atoms with E-state index < -0.39 is 36.3 Å². The summed E-state index contributed by atoms with van der Waals surface area (Å²) in [4.78, 5) is 14.2. The minimum atomic E-state index is -0.449. The maximum atomic E-state index is 8.62. The van der Waals surface area contributed by atoms with Crippen molar-refractivity contribution in [3.8, 4) is 134 Å². The van der Waals surface area contributed by atoms with Crippen molar-refractivity contribution in [2.45, 2.75) is 13.8 Å². The van der Waals surface area contributed by atoms with Gasteiger partial charge in [-0.1, -0.05) is 268 Å². The summed E-state index contributed by atoms with van der Waals surface area (Å²) in [7, 11) is 0.